The van der Waals surface area contributed by atoms with Gasteiger partial charge in [-0.15, -0.1) is 0 Å². The summed E-state index contributed by atoms with van der Waals surface area (Å²) in [5.74, 6) is 1.62. The molecule has 1 aromatic carbocycles. The zero-order chi connectivity index (χ0) is 22.9. The van der Waals surface area contributed by atoms with Gasteiger partial charge in [-0.3, -0.25) is 4.79 Å². The van der Waals surface area contributed by atoms with Crippen LogP contribution in [0.3, 0.4) is 0 Å². The Bertz CT molecular complexity index is 1430. The van der Waals surface area contributed by atoms with E-state index in [4.69, 9.17) is 8.94 Å². The van der Waals surface area contributed by atoms with Crippen molar-refractivity contribution in [3.8, 4) is 11.5 Å². The Morgan fingerprint density at radius 3 is 2.85 bits per heavy atom. The minimum absolute atomic E-state index is 0.274. The van der Waals surface area contributed by atoms with Crippen molar-refractivity contribution in [3.63, 3.8) is 0 Å². The molecule has 0 saturated heterocycles. The summed E-state index contributed by atoms with van der Waals surface area (Å²) in [6.45, 7) is 6.70. The van der Waals surface area contributed by atoms with Crippen molar-refractivity contribution in [2.45, 2.75) is 33.2 Å². The number of amides is 1. The Hall–Kier alpha value is -4.20. The predicted molar refractivity (Wildman–Crippen MR) is 124 cm³/mol. The molecule has 0 unspecified atom stereocenters. The molecule has 5 aromatic rings. The summed E-state index contributed by atoms with van der Waals surface area (Å²) in [5.41, 5.74) is 3.58. The molecule has 0 saturated carbocycles. The first kappa shape index (κ1) is 20.7. The van der Waals surface area contributed by atoms with E-state index in [0.717, 1.165) is 11.4 Å². The van der Waals surface area contributed by atoms with E-state index in [2.05, 4.69) is 38.9 Å². The topological polar surface area (TPSA) is 99.0 Å². The third-order valence-corrected chi connectivity index (χ3v) is 5.44. The number of furan rings is 1. The molecule has 5 rings (SSSR count). The van der Waals surface area contributed by atoms with Crippen LogP contribution in [-0.4, -0.2) is 25.6 Å². The molecule has 0 atom stereocenters. The van der Waals surface area contributed by atoms with Crippen molar-refractivity contribution in [1.82, 2.24) is 19.7 Å². The maximum Gasteiger partial charge on any atom is 0.259 e. The SMILES string of the molecule is Cc1noc2nc(-c3ccco3)cc(C(=O)Nc3cccc(Cn4ccnc4C(C)C)c3)c12. The number of anilines is 1. The molecule has 0 fully saturated rings. The highest BCUT2D eigenvalue weighted by Crippen LogP contribution is 2.28. The van der Waals surface area contributed by atoms with Crippen LogP contribution in [0.25, 0.3) is 22.6 Å². The smallest absolute Gasteiger partial charge is 0.259 e. The quantitative estimate of drug-likeness (QED) is 0.378. The van der Waals surface area contributed by atoms with E-state index in [0.29, 0.717) is 52.0 Å². The molecule has 0 aliphatic rings. The molecule has 4 aromatic heterocycles. The van der Waals surface area contributed by atoms with Crippen LogP contribution in [0, 0.1) is 6.92 Å². The van der Waals surface area contributed by atoms with E-state index >= 15 is 0 Å². The van der Waals surface area contributed by atoms with E-state index in [1.165, 1.54) is 0 Å². The fraction of sp³-hybridized carbons (Fsp3) is 0.200. The first-order valence-corrected chi connectivity index (χ1v) is 10.7. The number of imidazole rings is 1. The summed E-state index contributed by atoms with van der Waals surface area (Å²) in [4.78, 5) is 22.2. The van der Waals surface area contributed by atoms with Gasteiger partial charge in [0.1, 0.15) is 11.5 Å². The summed E-state index contributed by atoms with van der Waals surface area (Å²) in [6.07, 6.45) is 5.34. The molecule has 0 aliphatic carbocycles. The van der Waals surface area contributed by atoms with Crippen molar-refractivity contribution in [2.24, 2.45) is 0 Å². The molecule has 8 nitrogen and oxygen atoms in total. The monoisotopic (exact) mass is 441 g/mol. The zero-order valence-electron chi connectivity index (χ0n) is 18.6. The number of benzene rings is 1. The second-order valence-electron chi connectivity index (χ2n) is 8.20. The number of fused-ring (bicyclic) bond motifs is 1. The number of hydrogen-bond donors (Lipinski definition) is 1. The van der Waals surface area contributed by atoms with Gasteiger partial charge < -0.3 is 18.8 Å². The van der Waals surface area contributed by atoms with Crippen molar-refractivity contribution >= 4 is 22.7 Å². The number of nitrogens with one attached hydrogen (secondary N) is 1. The summed E-state index contributed by atoms with van der Waals surface area (Å²) in [5, 5.41) is 7.58. The van der Waals surface area contributed by atoms with E-state index in [1.807, 2.05) is 36.7 Å². The third kappa shape index (κ3) is 4.03. The van der Waals surface area contributed by atoms with Crippen LogP contribution in [0.5, 0.6) is 0 Å². The number of aryl methyl sites for hydroxylation is 1. The molecule has 1 amide bonds. The Kier molecular flexibility index (Phi) is 5.26. The number of carbonyl (C=O) groups is 1. The van der Waals surface area contributed by atoms with Gasteiger partial charge in [0.15, 0.2) is 5.76 Å². The van der Waals surface area contributed by atoms with Gasteiger partial charge in [-0.1, -0.05) is 31.1 Å². The lowest BCUT2D eigenvalue weighted by Crippen LogP contribution is -2.13. The molecule has 0 aliphatic heterocycles. The molecule has 33 heavy (non-hydrogen) atoms. The molecule has 4 heterocycles. The molecule has 0 spiro atoms. The van der Waals surface area contributed by atoms with Crippen LogP contribution >= 0.6 is 0 Å². The van der Waals surface area contributed by atoms with Crippen LogP contribution in [0.15, 0.2) is 70.1 Å². The number of rotatable bonds is 6. The summed E-state index contributed by atoms with van der Waals surface area (Å²) >= 11 is 0. The highest BCUT2D eigenvalue weighted by molar-refractivity contribution is 6.13. The van der Waals surface area contributed by atoms with Gasteiger partial charge in [0.25, 0.3) is 11.6 Å². The zero-order valence-corrected chi connectivity index (χ0v) is 18.6. The first-order valence-electron chi connectivity index (χ1n) is 10.7. The summed E-state index contributed by atoms with van der Waals surface area (Å²) in [7, 11) is 0. The average Bonchev–Trinajstić information content (AvgIpc) is 3.55. The summed E-state index contributed by atoms with van der Waals surface area (Å²) < 4.78 is 12.9. The molecule has 0 bridgehead atoms. The van der Waals surface area contributed by atoms with Crippen LogP contribution in [0.1, 0.15) is 47.2 Å². The molecular weight excluding hydrogens is 418 g/mol. The number of pyridine rings is 1. The Labute approximate surface area is 190 Å². The van der Waals surface area contributed by atoms with Crippen LogP contribution < -0.4 is 5.32 Å². The van der Waals surface area contributed by atoms with Gasteiger partial charge in [0, 0.05) is 30.5 Å². The lowest BCUT2D eigenvalue weighted by molar-refractivity contribution is 0.102. The lowest BCUT2D eigenvalue weighted by atomic mass is 10.1. The minimum atomic E-state index is -0.274. The Balaban J connectivity index is 1.45. The second-order valence-corrected chi connectivity index (χ2v) is 8.20. The van der Waals surface area contributed by atoms with E-state index < -0.39 is 0 Å². The maximum atomic E-state index is 13.3. The molecular formula is C25H23N5O3. The number of nitrogens with zero attached hydrogens (tertiary/aromatic N) is 4. The molecule has 8 heteroatoms. The van der Waals surface area contributed by atoms with Crippen molar-refractivity contribution in [3.05, 3.63) is 83.8 Å². The normalized spacial score (nSPS) is 11.4. The van der Waals surface area contributed by atoms with Crippen LogP contribution in [0.2, 0.25) is 0 Å². The van der Waals surface area contributed by atoms with E-state index in [9.17, 15) is 4.79 Å². The van der Waals surface area contributed by atoms with Crippen LogP contribution in [0.4, 0.5) is 5.69 Å². The Morgan fingerprint density at radius 1 is 1.18 bits per heavy atom. The van der Waals surface area contributed by atoms with E-state index in [-0.39, 0.29) is 5.91 Å². The molecule has 1 N–H and O–H groups in total. The van der Waals surface area contributed by atoms with Gasteiger partial charge >= 0.3 is 0 Å². The number of hydrogen-bond acceptors (Lipinski definition) is 6. The standard InChI is InChI=1S/C25H23N5O3/c1-15(2)23-26-9-10-30(23)14-17-6-4-7-18(12-17)27-24(31)19-13-20(21-8-5-11-32-21)28-25-22(19)16(3)29-33-25/h4-13,15H,14H2,1-3H3,(H,27,31). The first-order chi connectivity index (χ1) is 16.0. The predicted octanol–water partition coefficient (Wildman–Crippen LogP) is 5.41. The van der Waals surface area contributed by atoms with Gasteiger partial charge in [-0.05, 0) is 42.8 Å². The second kappa shape index (κ2) is 8.38. The van der Waals surface area contributed by atoms with Gasteiger partial charge in [-0.25, -0.2) is 9.97 Å². The van der Waals surface area contributed by atoms with Crippen molar-refractivity contribution < 1.29 is 13.7 Å². The fourth-order valence-electron chi connectivity index (χ4n) is 3.92. The Morgan fingerprint density at radius 2 is 2.06 bits per heavy atom. The summed E-state index contributed by atoms with van der Waals surface area (Å²) in [6, 6.07) is 13.0. The van der Waals surface area contributed by atoms with Gasteiger partial charge in [-0.2, -0.15) is 0 Å². The van der Waals surface area contributed by atoms with E-state index in [1.54, 1.807) is 31.4 Å². The average molecular weight is 441 g/mol. The largest absolute Gasteiger partial charge is 0.463 e. The fourth-order valence-corrected chi connectivity index (χ4v) is 3.92. The highest BCUT2D eigenvalue weighted by atomic mass is 16.5. The van der Waals surface area contributed by atoms with Crippen molar-refractivity contribution in [1.29, 1.82) is 0 Å². The number of aromatic nitrogens is 4. The molecule has 166 valence electrons. The lowest BCUT2D eigenvalue weighted by Gasteiger charge is -2.12. The van der Waals surface area contributed by atoms with Crippen molar-refractivity contribution in [2.75, 3.05) is 5.32 Å². The van der Waals surface area contributed by atoms with Gasteiger partial charge in [0.05, 0.1) is 22.9 Å². The highest BCUT2D eigenvalue weighted by Gasteiger charge is 2.20. The van der Waals surface area contributed by atoms with Crippen LogP contribution in [-0.2, 0) is 6.54 Å². The maximum absolute atomic E-state index is 13.3. The molecule has 0 radical (unpaired) electrons. The third-order valence-electron chi connectivity index (χ3n) is 5.44. The minimum Gasteiger partial charge on any atom is -0.463 e. The van der Waals surface area contributed by atoms with Gasteiger partial charge in [0.2, 0.25) is 0 Å². The number of carbonyl (C=O) groups excluding carboxylic acids is 1.